The quantitative estimate of drug-likeness (QED) is 0.383. The highest BCUT2D eigenvalue weighted by molar-refractivity contribution is 5.31. The molecule has 0 aliphatic heterocycles. The van der Waals surface area contributed by atoms with Crippen molar-refractivity contribution in [1.29, 1.82) is 0 Å². The highest BCUT2D eigenvalue weighted by Crippen LogP contribution is 2.17. The Morgan fingerprint density at radius 2 is 1.75 bits per heavy atom. The molecule has 0 rings (SSSR count). The molecule has 0 bridgehead atoms. The van der Waals surface area contributed by atoms with Gasteiger partial charge in [-0.2, -0.15) is 0 Å². The van der Waals surface area contributed by atoms with Crippen LogP contribution in [0.2, 0.25) is 0 Å². The lowest BCUT2D eigenvalue weighted by Gasteiger charge is -2.03. The molecule has 0 saturated carbocycles. The van der Waals surface area contributed by atoms with Crippen molar-refractivity contribution in [1.82, 2.24) is 0 Å². The molecule has 0 aromatic carbocycles. The van der Waals surface area contributed by atoms with Gasteiger partial charge in [-0.3, -0.25) is 0 Å². The van der Waals surface area contributed by atoms with Gasteiger partial charge >= 0.3 is 0 Å². The van der Waals surface area contributed by atoms with Crippen molar-refractivity contribution in [3.63, 3.8) is 0 Å². The standard InChI is InChI=1S/C15H25F/c1-5-8-9-10-11-14(7-3)12-15(16)13(4)6-2/h6-7,12H,5,8-11H2,1-4H3/b13-6-,14-7-,15-12+. The molecule has 0 heterocycles. The molecule has 0 aliphatic rings. The lowest BCUT2D eigenvalue weighted by Crippen LogP contribution is -1.84. The highest BCUT2D eigenvalue weighted by Gasteiger charge is 1.99. The van der Waals surface area contributed by atoms with Crippen LogP contribution in [0.25, 0.3) is 0 Å². The third kappa shape index (κ3) is 6.60. The highest BCUT2D eigenvalue weighted by atomic mass is 19.1. The summed E-state index contributed by atoms with van der Waals surface area (Å²) in [4.78, 5) is 0. The van der Waals surface area contributed by atoms with Crippen LogP contribution < -0.4 is 0 Å². The van der Waals surface area contributed by atoms with Gasteiger partial charge in [0.2, 0.25) is 0 Å². The van der Waals surface area contributed by atoms with Gasteiger partial charge in [-0.05, 0) is 50.8 Å². The molecule has 0 N–H and O–H groups in total. The fourth-order valence-corrected chi connectivity index (χ4v) is 1.47. The molecule has 0 spiro atoms. The van der Waals surface area contributed by atoms with E-state index in [2.05, 4.69) is 6.92 Å². The molecule has 0 unspecified atom stereocenters. The number of allylic oxidation sites excluding steroid dienone is 6. The summed E-state index contributed by atoms with van der Waals surface area (Å²) < 4.78 is 13.6. The van der Waals surface area contributed by atoms with Gasteiger partial charge in [0.15, 0.2) is 0 Å². The zero-order chi connectivity index (χ0) is 12.4. The van der Waals surface area contributed by atoms with Crippen LogP contribution >= 0.6 is 0 Å². The molecule has 1 heteroatoms. The van der Waals surface area contributed by atoms with Crippen LogP contribution in [-0.4, -0.2) is 0 Å². The Bertz CT molecular complexity index is 269. The van der Waals surface area contributed by atoms with E-state index in [1.807, 2.05) is 19.9 Å². The minimum Gasteiger partial charge on any atom is -0.207 e. The molecular formula is C15H25F. The fourth-order valence-electron chi connectivity index (χ4n) is 1.47. The van der Waals surface area contributed by atoms with Crippen molar-refractivity contribution in [2.75, 3.05) is 0 Å². The molecule has 0 fully saturated rings. The molecule has 0 saturated heterocycles. The molecule has 0 amide bonds. The van der Waals surface area contributed by atoms with Crippen LogP contribution in [0.15, 0.2) is 35.2 Å². The normalized spacial score (nSPS) is 14.4. The van der Waals surface area contributed by atoms with E-state index in [-0.39, 0.29) is 5.83 Å². The van der Waals surface area contributed by atoms with Gasteiger partial charge in [0.1, 0.15) is 5.83 Å². The molecule has 16 heavy (non-hydrogen) atoms. The summed E-state index contributed by atoms with van der Waals surface area (Å²) in [5, 5.41) is 0. The van der Waals surface area contributed by atoms with Crippen LogP contribution in [0.1, 0.15) is 59.8 Å². The first-order valence-corrected chi connectivity index (χ1v) is 6.31. The average molecular weight is 224 g/mol. The topological polar surface area (TPSA) is 0 Å². The summed E-state index contributed by atoms with van der Waals surface area (Å²) in [5.74, 6) is -0.105. The number of halogens is 1. The Morgan fingerprint density at radius 1 is 1.06 bits per heavy atom. The maximum atomic E-state index is 13.6. The summed E-state index contributed by atoms with van der Waals surface area (Å²) in [6.07, 6.45) is 11.4. The van der Waals surface area contributed by atoms with Crippen LogP contribution in [0, 0.1) is 0 Å². The van der Waals surface area contributed by atoms with E-state index in [4.69, 9.17) is 0 Å². The summed E-state index contributed by atoms with van der Waals surface area (Å²) in [7, 11) is 0. The van der Waals surface area contributed by atoms with Crippen molar-refractivity contribution in [3.8, 4) is 0 Å². The molecule has 0 aliphatic carbocycles. The van der Waals surface area contributed by atoms with Crippen molar-refractivity contribution in [2.24, 2.45) is 0 Å². The molecule has 0 aromatic heterocycles. The van der Waals surface area contributed by atoms with Crippen molar-refractivity contribution in [2.45, 2.75) is 59.8 Å². The molecular weight excluding hydrogens is 199 g/mol. The number of hydrogen-bond donors (Lipinski definition) is 0. The molecule has 92 valence electrons. The minimum atomic E-state index is -0.105. The predicted octanol–water partition coefficient (Wildman–Crippen LogP) is 5.72. The maximum Gasteiger partial charge on any atom is 0.126 e. The van der Waals surface area contributed by atoms with E-state index in [0.29, 0.717) is 5.57 Å². The Kier molecular flexibility index (Phi) is 8.88. The average Bonchev–Trinajstić information content (AvgIpc) is 2.31. The second kappa shape index (κ2) is 9.38. The number of rotatable bonds is 7. The van der Waals surface area contributed by atoms with E-state index in [1.165, 1.54) is 19.3 Å². The smallest absolute Gasteiger partial charge is 0.126 e. The van der Waals surface area contributed by atoms with Gasteiger partial charge in [0, 0.05) is 0 Å². The van der Waals surface area contributed by atoms with Crippen LogP contribution in [0.5, 0.6) is 0 Å². The van der Waals surface area contributed by atoms with Crippen LogP contribution in [0.3, 0.4) is 0 Å². The van der Waals surface area contributed by atoms with E-state index < -0.39 is 0 Å². The van der Waals surface area contributed by atoms with E-state index in [9.17, 15) is 4.39 Å². The Labute approximate surface area is 99.9 Å². The zero-order valence-corrected chi connectivity index (χ0v) is 11.1. The summed E-state index contributed by atoms with van der Waals surface area (Å²) in [5.41, 5.74) is 1.82. The Hall–Kier alpha value is -0.850. The van der Waals surface area contributed by atoms with Crippen LogP contribution in [0.4, 0.5) is 4.39 Å². The van der Waals surface area contributed by atoms with Crippen molar-refractivity contribution >= 4 is 0 Å². The van der Waals surface area contributed by atoms with Crippen molar-refractivity contribution < 1.29 is 4.39 Å². The third-order valence-electron chi connectivity index (χ3n) is 2.81. The van der Waals surface area contributed by atoms with Gasteiger partial charge < -0.3 is 0 Å². The SMILES string of the molecule is C\C=C(/C=C(F)\C(C)=C/C)CCCCCC. The van der Waals surface area contributed by atoms with Crippen LogP contribution in [-0.2, 0) is 0 Å². The van der Waals surface area contributed by atoms with E-state index in [0.717, 1.165) is 18.4 Å². The largest absolute Gasteiger partial charge is 0.207 e. The maximum absolute atomic E-state index is 13.6. The van der Waals surface area contributed by atoms with Crippen molar-refractivity contribution in [3.05, 3.63) is 35.2 Å². The zero-order valence-electron chi connectivity index (χ0n) is 11.1. The van der Waals surface area contributed by atoms with E-state index >= 15 is 0 Å². The number of hydrogen-bond acceptors (Lipinski definition) is 0. The lowest BCUT2D eigenvalue weighted by atomic mass is 10.0. The molecule has 0 atom stereocenters. The van der Waals surface area contributed by atoms with Gasteiger partial charge in [-0.1, -0.05) is 38.3 Å². The van der Waals surface area contributed by atoms with Gasteiger partial charge in [0.25, 0.3) is 0 Å². The predicted molar refractivity (Wildman–Crippen MR) is 71.1 cm³/mol. The molecule has 0 aromatic rings. The lowest BCUT2D eigenvalue weighted by molar-refractivity contribution is 0.642. The minimum absolute atomic E-state index is 0.105. The summed E-state index contributed by atoms with van der Waals surface area (Å²) in [6, 6.07) is 0. The first kappa shape index (κ1) is 15.2. The fraction of sp³-hybridized carbons (Fsp3) is 0.600. The first-order valence-electron chi connectivity index (χ1n) is 6.31. The molecule has 0 radical (unpaired) electrons. The second-order valence-electron chi connectivity index (χ2n) is 4.14. The summed E-state index contributed by atoms with van der Waals surface area (Å²) >= 11 is 0. The Morgan fingerprint density at radius 3 is 2.25 bits per heavy atom. The third-order valence-corrected chi connectivity index (χ3v) is 2.81. The number of unbranched alkanes of at least 4 members (excludes halogenated alkanes) is 3. The monoisotopic (exact) mass is 224 g/mol. The van der Waals surface area contributed by atoms with Gasteiger partial charge in [-0.15, -0.1) is 0 Å². The summed E-state index contributed by atoms with van der Waals surface area (Å²) in [6.45, 7) is 7.84. The second-order valence-corrected chi connectivity index (χ2v) is 4.14. The van der Waals surface area contributed by atoms with E-state index in [1.54, 1.807) is 19.1 Å². The van der Waals surface area contributed by atoms with Gasteiger partial charge in [-0.25, -0.2) is 4.39 Å². The first-order chi connectivity index (χ1) is 7.65. The van der Waals surface area contributed by atoms with Gasteiger partial charge in [0.05, 0.1) is 0 Å². The molecule has 0 nitrogen and oxygen atoms in total. The Balaban J connectivity index is 4.21.